The average Bonchev–Trinajstić information content (AvgIpc) is 3.35. The van der Waals surface area contributed by atoms with Crippen molar-refractivity contribution in [3.05, 3.63) is 41.6 Å². The van der Waals surface area contributed by atoms with Crippen molar-refractivity contribution in [2.75, 3.05) is 50.8 Å². The minimum Gasteiger partial charge on any atom is -0.486 e. The molecule has 11 heteroatoms. The van der Waals surface area contributed by atoms with Crippen molar-refractivity contribution in [3.8, 4) is 11.5 Å². The molecule has 4 heterocycles. The predicted molar refractivity (Wildman–Crippen MR) is 122 cm³/mol. The molecule has 5 rings (SSSR count). The molecule has 1 aromatic heterocycles. The summed E-state index contributed by atoms with van der Waals surface area (Å²) in [6.45, 7) is 3.27. The second-order valence-corrected chi connectivity index (χ2v) is 10.5. The van der Waals surface area contributed by atoms with E-state index in [0.29, 0.717) is 81.1 Å². The summed E-state index contributed by atoms with van der Waals surface area (Å²) >= 11 is 6.26. The van der Waals surface area contributed by atoms with E-state index in [9.17, 15) is 13.2 Å². The number of pyridine rings is 1. The first-order valence-electron chi connectivity index (χ1n) is 11.0. The molecule has 2 saturated heterocycles. The van der Waals surface area contributed by atoms with Gasteiger partial charge in [-0.1, -0.05) is 11.6 Å². The first kappa shape index (κ1) is 22.2. The van der Waals surface area contributed by atoms with Gasteiger partial charge in [-0.2, -0.15) is 4.31 Å². The lowest BCUT2D eigenvalue weighted by atomic mass is 10.2. The van der Waals surface area contributed by atoms with E-state index >= 15 is 0 Å². The number of aromatic nitrogens is 1. The van der Waals surface area contributed by atoms with Gasteiger partial charge in [0.15, 0.2) is 11.5 Å². The Morgan fingerprint density at radius 3 is 2.55 bits per heavy atom. The van der Waals surface area contributed by atoms with E-state index in [-0.39, 0.29) is 10.8 Å². The molecule has 1 amide bonds. The Balaban J connectivity index is 1.29. The van der Waals surface area contributed by atoms with Gasteiger partial charge in [0, 0.05) is 45.0 Å². The number of benzene rings is 1. The number of rotatable bonds is 4. The zero-order valence-corrected chi connectivity index (χ0v) is 19.6. The van der Waals surface area contributed by atoms with E-state index in [1.54, 1.807) is 29.3 Å². The van der Waals surface area contributed by atoms with Crippen LogP contribution in [0.4, 0.5) is 5.82 Å². The second-order valence-electron chi connectivity index (χ2n) is 8.20. The third kappa shape index (κ3) is 4.22. The van der Waals surface area contributed by atoms with E-state index in [4.69, 9.17) is 21.1 Å². The third-order valence-electron chi connectivity index (χ3n) is 6.24. The van der Waals surface area contributed by atoms with Crippen LogP contribution in [0.2, 0.25) is 5.02 Å². The molecule has 0 radical (unpaired) electrons. The molecule has 33 heavy (non-hydrogen) atoms. The van der Waals surface area contributed by atoms with Crippen molar-refractivity contribution in [2.24, 2.45) is 0 Å². The number of hydrogen-bond acceptors (Lipinski definition) is 7. The monoisotopic (exact) mass is 492 g/mol. The summed E-state index contributed by atoms with van der Waals surface area (Å²) in [4.78, 5) is 21.6. The van der Waals surface area contributed by atoms with E-state index in [1.807, 2.05) is 4.90 Å². The van der Waals surface area contributed by atoms with E-state index in [0.717, 1.165) is 0 Å². The standard InChI is InChI=1S/C22H25ClN4O5S/c23-17-3-1-7-24-21(17)25-9-11-26(12-10-25)22(28)18-4-2-8-27(18)33(29,30)16-5-6-19-20(15-16)32-14-13-31-19/h1,3,5-7,15,18H,2,4,8-14H2. The smallest absolute Gasteiger partial charge is 0.243 e. The van der Waals surface area contributed by atoms with E-state index in [1.165, 1.54) is 16.4 Å². The Hall–Kier alpha value is -2.56. The van der Waals surface area contributed by atoms with Gasteiger partial charge in [0.05, 0.1) is 9.92 Å². The van der Waals surface area contributed by atoms with Gasteiger partial charge < -0.3 is 19.3 Å². The number of hydrogen-bond donors (Lipinski definition) is 0. The molecule has 1 unspecified atom stereocenters. The zero-order valence-electron chi connectivity index (χ0n) is 18.0. The Kier molecular flexibility index (Phi) is 6.07. The molecule has 3 aliphatic rings. The Labute approximate surface area is 197 Å². The number of fused-ring (bicyclic) bond motifs is 1. The molecule has 2 aromatic rings. The van der Waals surface area contributed by atoms with E-state index in [2.05, 4.69) is 4.98 Å². The average molecular weight is 493 g/mol. The highest BCUT2D eigenvalue weighted by atomic mass is 35.5. The number of carbonyl (C=O) groups excluding carboxylic acids is 1. The maximum Gasteiger partial charge on any atom is 0.243 e. The lowest BCUT2D eigenvalue weighted by Crippen LogP contribution is -2.54. The second kappa shape index (κ2) is 9.00. The molecule has 0 N–H and O–H groups in total. The largest absolute Gasteiger partial charge is 0.486 e. The van der Waals surface area contributed by atoms with Gasteiger partial charge in [0.1, 0.15) is 25.1 Å². The summed E-state index contributed by atoms with van der Waals surface area (Å²) in [6, 6.07) is 7.48. The van der Waals surface area contributed by atoms with Crippen molar-refractivity contribution in [1.29, 1.82) is 0 Å². The van der Waals surface area contributed by atoms with Gasteiger partial charge in [0.2, 0.25) is 15.9 Å². The Bertz CT molecular complexity index is 1150. The van der Waals surface area contributed by atoms with Crippen molar-refractivity contribution < 1.29 is 22.7 Å². The fraction of sp³-hybridized carbons (Fsp3) is 0.455. The number of piperazine rings is 1. The van der Waals surface area contributed by atoms with Crippen molar-refractivity contribution >= 4 is 33.3 Å². The van der Waals surface area contributed by atoms with Crippen LogP contribution in [0.15, 0.2) is 41.4 Å². The maximum atomic E-state index is 13.4. The normalized spacial score (nSPS) is 21.3. The fourth-order valence-corrected chi connectivity index (χ4v) is 6.46. The summed E-state index contributed by atoms with van der Waals surface area (Å²) in [5.41, 5.74) is 0. The van der Waals surface area contributed by atoms with Crippen LogP contribution >= 0.6 is 11.6 Å². The molecule has 9 nitrogen and oxygen atoms in total. The van der Waals surface area contributed by atoms with Gasteiger partial charge >= 0.3 is 0 Å². The van der Waals surface area contributed by atoms with Crippen LogP contribution in [0.25, 0.3) is 0 Å². The van der Waals surface area contributed by atoms with Crippen LogP contribution in [0.5, 0.6) is 11.5 Å². The molecular weight excluding hydrogens is 468 g/mol. The third-order valence-corrected chi connectivity index (χ3v) is 8.44. The number of ether oxygens (including phenoxy) is 2. The highest BCUT2D eigenvalue weighted by Gasteiger charge is 2.42. The molecule has 0 aliphatic carbocycles. The molecule has 2 fully saturated rings. The number of sulfonamides is 1. The molecule has 0 spiro atoms. The van der Waals surface area contributed by atoms with Gasteiger partial charge in [0.25, 0.3) is 0 Å². The van der Waals surface area contributed by atoms with Crippen LogP contribution in [-0.4, -0.2) is 80.5 Å². The van der Waals surface area contributed by atoms with Gasteiger partial charge in [-0.05, 0) is 37.1 Å². The molecular formula is C22H25ClN4O5S. The number of nitrogens with zero attached hydrogens (tertiary/aromatic N) is 4. The van der Waals surface area contributed by atoms with Crippen LogP contribution in [0, 0.1) is 0 Å². The maximum absolute atomic E-state index is 13.4. The zero-order chi connectivity index (χ0) is 23.0. The summed E-state index contributed by atoms with van der Waals surface area (Å²) in [5.74, 6) is 1.49. The first-order chi connectivity index (χ1) is 15.9. The van der Waals surface area contributed by atoms with Gasteiger partial charge in [-0.25, -0.2) is 13.4 Å². The van der Waals surface area contributed by atoms with Crippen molar-refractivity contribution in [1.82, 2.24) is 14.2 Å². The minimum absolute atomic E-state index is 0.112. The van der Waals surface area contributed by atoms with Crippen LogP contribution < -0.4 is 14.4 Å². The van der Waals surface area contributed by atoms with Crippen molar-refractivity contribution in [2.45, 2.75) is 23.8 Å². The van der Waals surface area contributed by atoms with Gasteiger partial charge in [-0.15, -0.1) is 0 Å². The fourth-order valence-electron chi connectivity index (χ4n) is 4.55. The topological polar surface area (TPSA) is 92.3 Å². The highest BCUT2D eigenvalue weighted by Crippen LogP contribution is 2.35. The number of halogens is 1. The number of carbonyl (C=O) groups is 1. The van der Waals surface area contributed by atoms with Crippen molar-refractivity contribution in [3.63, 3.8) is 0 Å². The minimum atomic E-state index is -3.85. The van der Waals surface area contributed by atoms with E-state index < -0.39 is 16.1 Å². The number of anilines is 1. The predicted octanol–water partition coefficient (Wildman–Crippen LogP) is 2.01. The quantitative estimate of drug-likeness (QED) is 0.644. The molecule has 176 valence electrons. The summed E-state index contributed by atoms with van der Waals surface area (Å²) in [7, 11) is -3.85. The Morgan fingerprint density at radius 1 is 1.03 bits per heavy atom. The summed E-state index contributed by atoms with van der Waals surface area (Å²) < 4.78 is 39.2. The molecule has 1 atom stereocenters. The molecule has 1 aromatic carbocycles. The molecule has 0 saturated carbocycles. The van der Waals surface area contributed by atoms with Crippen LogP contribution in [-0.2, 0) is 14.8 Å². The lowest BCUT2D eigenvalue weighted by molar-refractivity contribution is -0.134. The summed E-state index contributed by atoms with van der Waals surface area (Å²) in [5, 5.41) is 0.574. The summed E-state index contributed by atoms with van der Waals surface area (Å²) in [6.07, 6.45) is 2.84. The lowest BCUT2D eigenvalue weighted by Gasteiger charge is -2.37. The Morgan fingerprint density at radius 2 is 1.79 bits per heavy atom. The van der Waals surface area contributed by atoms with Crippen LogP contribution in [0.1, 0.15) is 12.8 Å². The van der Waals surface area contributed by atoms with Crippen LogP contribution in [0.3, 0.4) is 0 Å². The number of amides is 1. The SMILES string of the molecule is O=C(C1CCCN1S(=O)(=O)c1ccc2c(c1)OCCO2)N1CCN(c2ncccc2Cl)CC1. The molecule has 0 bridgehead atoms. The highest BCUT2D eigenvalue weighted by molar-refractivity contribution is 7.89. The first-order valence-corrected chi connectivity index (χ1v) is 12.8. The van der Waals surface area contributed by atoms with Gasteiger partial charge in [-0.3, -0.25) is 4.79 Å². The molecule has 3 aliphatic heterocycles.